The summed E-state index contributed by atoms with van der Waals surface area (Å²) in [5, 5.41) is 3.43. The van der Waals surface area contributed by atoms with Gasteiger partial charge >= 0.3 is 0 Å². The van der Waals surface area contributed by atoms with E-state index in [9.17, 15) is 8.42 Å². The van der Waals surface area contributed by atoms with Gasteiger partial charge in [0.15, 0.2) is 0 Å². The predicted octanol–water partition coefficient (Wildman–Crippen LogP) is 3.34. The lowest BCUT2D eigenvalue weighted by molar-refractivity contribution is 0.532. The Morgan fingerprint density at radius 3 is 2.50 bits per heavy atom. The molecule has 0 aromatic heterocycles. The Labute approximate surface area is 135 Å². The molecule has 0 fully saturated rings. The van der Waals surface area contributed by atoms with Crippen LogP contribution in [0.1, 0.15) is 19.8 Å². The molecule has 0 aliphatic heterocycles. The van der Waals surface area contributed by atoms with E-state index in [2.05, 4.69) is 40.3 Å². The van der Waals surface area contributed by atoms with Crippen molar-refractivity contribution >= 4 is 37.5 Å². The second kappa shape index (κ2) is 9.07. The largest absolute Gasteiger partial charge is 0.313 e. The third-order valence-corrected chi connectivity index (χ3v) is 5.47. The van der Waals surface area contributed by atoms with Gasteiger partial charge in [-0.05, 0) is 43.7 Å². The van der Waals surface area contributed by atoms with Crippen molar-refractivity contribution in [3.63, 3.8) is 0 Å². The van der Waals surface area contributed by atoms with Gasteiger partial charge in [0.05, 0.1) is 5.75 Å². The number of hydrogen-bond acceptors (Lipinski definition) is 4. The van der Waals surface area contributed by atoms with Gasteiger partial charge in [-0.1, -0.05) is 22.9 Å². The maximum Gasteiger partial charge on any atom is 0.147 e. The van der Waals surface area contributed by atoms with E-state index in [1.807, 2.05) is 12.1 Å². The molecule has 1 N–H and O–H groups in total. The molecule has 1 unspecified atom stereocenters. The number of benzene rings is 1. The zero-order valence-electron chi connectivity index (χ0n) is 11.9. The Balaban J connectivity index is 2.48. The molecule has 0 spiro atoms. The van der Waals surface area contributed by atoms with Crippen molar-refractivity contribution in [1.82, 2.24) is 5.32 Å². The van der Waals surface area contributed by atoms with E-state index in [0.717, 1.165) is 23.2 Å². The third kappa shape index (κ3) is 8.29. The van der Waals surface area contributed by atoms with Crippen molar-refractivity contribution in [2.75, 3.05) is 24.3 Å². The van der Waals surface area contributed by atoms with Crippen molar-refractivity contribution in [1.29, 1.82) is 0 Å². The van der Waals surface area contributed by atoms with Gasteiger partial charge in [-0.25, -0.2) is 8.42 Å². The molecule has 0 aliphatic carbocycles. The van der Waals surface area contributed by atoms with Crippen LogP contribution in [0.3, 0.4) is 0 Å². The van der Waals surface area contributed by atoms with E-state index < -0.39 is 9.84 Å². The van der Waals surface area contributed by atoms with Crippen LogP contribution in [0.2, 0.25) is 0 Å². The van der Waals surface area contributed by atoms with Gasteiger partial charge in [0, 0.05) is 27.4 Å². The fourth-order valence-corrected chi connectivity index (χ4v) is 3.66. The number of nitrogens with one attached hydrogen (secondary N) is 1. The summed E-state index contributed by atoms with van der Waals surface area (Å²) < 4.78 is 23.6. The van der Waals surface area contributed by atoms with Crippen LogP contribution in [-0.2, 0) is 9.84 Å². The van der Waals surface area contributed by atoms with Gasteiger partial charge in [-0.2, -0.15) is 0 Å². The molecular formula is C14H22BrNO2S2. The molecular weight excluding hydrogens is 358 g/mol. The topological polar surface area (TPSA) is 46.2 Å². The van der Waals surface area contributed by atoms with Crippen LogP contribution < -0.4 is 5.32 Å². The van der Waals surface area contributed by atoms with Crippen LogP contribution in [-0.4, -0.2) is 38.8 Å². The van der Waals surface area contributed by atoms with Crippen LogP contribution >= 0.6 is 27.7 Å². The monoisotopic (exact) mass is 379 g/mol. The average Bonchev–Trinajstić information content (AvgIpc) is 2.38. The molecule has 1 aromatic rings. The molecule has 0 heterocycles. The highest BCUT2D eigenvalue weighted by Gasteiger charge is 2.12. The minimum absolute atomic E-state index is 0.235. The zero-order chi connectivity index (χ0) is 15.0. The lowest BCUT2D eigenvalue weighted by Gasteiger charge is -2.17. The maximum absolute atomic E-state index is 11.3. The normalized spacial score (nSPS) is 13.3. The number of halogens is 1. The number of rotatable bonds is 9. The minimum Gasteiger partial charge on any atom is -0.313 e. The third-order valence-electron chi connectivity index (χ3n) is 2.78. The highest BCUT2D eigenvalue weighted by molar-refractivity contribution is 9.10. The van der Waals surface area contributed by atoms with Crippen molar-refractivity contribution in [2.45, 2.75) is 30.7 Å². The van der Waals surface area contributed by atoms with Crippen LogP contribution in [0.4, 0.5) is 0 Å². The van der Waals surface area contributed by atoms with Crippen molar-refractivity contribution in [3.05, 3.63) is 28.7 Å². The summed E-state index contributed by atoms with van der Waals surface area (Å²) in [6.45, 7) is 3.04. The summed E-state index contributed by atoms with van der Waals surface area (Å²) >= 11 is 5.18. The fourth-order valence-electron chi connectivity index (χ4n) is 1.68. The SMILES string of the molecule is CCCNC(CCS(C)(=O)=O)CSc1ccc(Br)cc1. The predicted molar refractivity (Wildman–Crippen MR) is 91.3 cm³/mol. The molecule has 1 aromatic carbocycles. The Morgan fingerprint density at radius 1 is 1.30 bits per heavy atom. The first-order valence-corrected chi connectivity index (χ1v) is 10.5. The van der Waals surface area contributed by atoms with Gasteiger partial charge < -0.3 is 5.32 Å². The summed E-state index contributed by atoms with van der Waals surface area (Å²) in [5.74, 6) is 1.13. The Bertz CT molecular complexity index is 488. The first-order valence-electron chi connectivity index (χ1n) is 6.70. The van der Waals surface area contributed by atoms with E-state index in [4.69, 9.17) is 0 Å². The van der Waals surface area contributed by atoms with Gasteiger partial charge in [0.1, 0.15) is 9.84 Å². The highest BCUT2D eigenvalue weighted by Crippen LogP contribution is 2.22. The Morgan fingerprint density at radius 2 is 1.95 bits per heavy atom. The molecule has 1 rings (SSSR count). The van der Waals surface area contributed by atoms with E-state index >= 15 is 0 Å². The molecule has 114 valence electrons. The average molecular weight is 380 g/mol. The molecule has 20 heavy (non-hydrogen) atoms. The van der Waals surface area contributed by atoms with Gasteiger partial charge in [-0.15, -0.1) is 11.8 Å². The molecule has 6 heteroatoms. The van der Waals surface area contributed by atoms with Crippen molar-refractivity contribution in [3.8, 4) is 0 Å². The van der Waals surface area contributed by atoms with E-state index in [1.165, 1.54) is 11.2 Å². The number of thioether (sulfide) groups is 1. The lowest BCUT2D eigenvalue weighted by atomic mass is 10.2. The molecule has 0 amide bonds. The van der Waals surface area contributed by atoms with Gasteiger partial charge in [-0.3, -0.25) is 0 Å². The second-order valence-corrected chi connectivity index (χ2v) is 9.10. The smallest absolute Gasteiger partial charge is 0.147 e. The standard InChI is InChI=1S/C14H22BrNO2S2/c1-3-9-16-13(8-10-20(2,17)18)11-19-14-6-4-12(15)5-7-14/h4-7,13,16H,3,8-11H2,1-2H3. The van der Waals surface area contributed by atoms with Crippen LogP contribution in [0.25, 0.3) is 0 Å². The van der Waals surface area contributed by atoms with Crippen LogP contribution in [0, 0.1) is 0 Å². The first-order chi connectivity index (χ1) is 9.40. The molecule has 0 aliphatic rings. The molecule has 0 saturated heterocycles. The van der Waals surface area contributed by atoms with Crippen LogP contribution in [0.5, 0.6) is 0 Å². The highest BCUT2D eigenvalue weighted by atomic mass is 79.9. The number of sulfone groups is 1. The summed E-state index contributed by atoms with van der Waals surface area (Å²) in [6, 6.07) is 8.42. The van der Waals surface area contributed by atoms with Crippen molar-refractivity contribution in [2.24, 2.45) is 0 Å². The zero-order valence-corrected chi connectivity index (χ0v) is 15.2. The lowest BCUT2D eigenvalue weighted by Crippen LogP contribution is -2.33. The summed E-state index contributed by atoms with van der Waals surface area (Å²) in [7, 11) is -2.89. The van der Waals surface area contributed by atoms with Crippen LogP contribution in [0.15, 0.2) is 33.6 Å². The first kappa shape index (κ1) is 18.0. The van der Waals surface area contributed by atoms with E-state index in [0.29, 0.717) is 6.42 Å². The Hall–Kier alpha value is -0.0400. The molecule has 0 bridgehead atoms. The van der Waals surface area contributed by atoms with Gasteiger partial charge in [0.2, 0.25) is 0 Å². The summed E-state index contributed by atoms with van der Waals surface area (Å²) in [4.78, 5) is 1.20. The summed E-state index contributed by atoms with van der Waals surface area (Å²) in [5.41, 5.74) is 0. The molecule has 0 saturated carbocycles. The van der Waals surface area contributed by atoms with Gasteiger partial charge in [0.25, 0.3) is 0 Å². The molecule has 3 nitrogen and oxygen atoms in total. The number of hydrogen-bond donors (Lipinski definition) is 1. The quantitative estimate of drug-likeness (QED) is 0.668. The van der Waals surface area contributed by atoms with Crippen molar-refractivity contribution < 1.29 is 8.42 Å². The second-order valence-electron chi connectivity index (χ2n) is 4.83. The minimum atomic E-state index is -2.89. The maximum atomic E-state index is 11.3. The Kier molecular flexibility index (Phi) is 8.17. The molecule has 1 atom stereocenters. The molecule has 0 radical (unpaired) electrons. The summed E-state index contributed by atoms with van der Waals surface area (Å²) in [6.07, 6.45) is 3.02. The van der Waals surface area contributed by atoms with E-state index in [-0.39, 0.29) is 11.8 Å². The fraction of sp³-hybridized carbons (Fsp3) is 0.571. The van der Waals surface area contributed by atoms with E-state index in [1.54, 1.807) is 11.8 Å².